The van der Waals surface area contributed by atoms with Crippen molar-refractivity contribution in [3.8, 4) is 11.1 Å². The van der Waals surface area contributed by atoms with Gasteiger partial charge >= 0.3 is 0 Å². The Morgan fingerprint density at radius 2 is 1.72 bits per heavy atom. The maximum absolute atomic E-state index is 14.1. The van der Waals surface area contributed by atoms with Crippen molar-refractivity contribution < 1.29 is 4.39 Å². The Morgan fingerprint density at radius 3 is 2.22 bits per heavy atom. The van der Waals surface area contributed by atoms with Gasteiger partial charge in [0, 0.05) is 11.8 Å². The molecule has 0 aliphatic carbocycles. The largest absolute Gasteiger partial charge is 0.384 e. The topological polar surface area (TPSA) is 38.9 Å². The van der Waals surface area contributed by atoms with Crippen LogP contribution >= 0.6 is 0 Å². The van der Waals surface area contributed by atoms with Crippen LogP contribution in [0.1, 0.15) is 26.3 Å². The molecule has 1 heterocycles. The molecule has 2 nitrogen and oxygen atoms in total. The molecular weight excluding hydrogens is 227 g/mol. The van der Waals surface area contributed by atoms with Crippen molar-refractivity contribution in [2.75, 3.05) is 5.73 Å². The summed E-state index contributed by atoms with van der Waals surface area (Å²) in [6, 6.07) is 8.85. The summed E-state index contributed by atoms with van der Waals surface area (Å²) in [6.07, 6.45) is 1.65. The molecular formula is C15H17FN2. The second kappa shape index (κ2) is 4.41. The van der Waals surface area contributed by atoms with Crippen LogP contribution in [0.5, 0.6) is 0 Å². The highest BCUT2D eigenvalue weighted by Crippen LogP contribution is 2.28. The highest BCUT2D eigenvalue weighted by atomic mass is 19.1. The molecule has 0 aliphatic heterocycles. The third-order valence-electron chi connectivity index (χ3n) is 2.90. The minimum atomic E-state index is -0.192. The van der Waals surface area contributed by atoms with Crippen molar-refractivity contribution in [3.63, 3.8) is 0 Å². The number of nitrogen functional groups attached to an aromatic ring is 1. The number of hydrogen-bond donors (Lipinski definition) is 1. The molecule has 1 aromatic carbocycles. The van der Waals surface area contributed by atoms with E-state index in [0.29, 0.717) is 5.82 Å². The van der Waals surface area contributed by atoms with Crippen LogP contribution < -0.4 is 5.73 Å². The number of anilines is 1. The Balaban J connectivity index is 2.43. The van der Waals surface area contributed by atoms with Crippen LogP contribution in [-0.4, -0.2) is 4.98 Å². The smallest absolute Gasteiger partial charge is 0.127 e. The first kappa shape index (κ1) is 12.6. The number of nitrogens with zero attached hydrogens (tertiary/aromatic N) is 1. The molecule has 0 bridgehead atoms. The highest BCUT2D eigenvalue weighted by Gasteiger charge is 2.18. The lowest BCUT2D eigenvalue weighted by Gasteiger charge is -2.20. The molecule has 0 saturated heterocycles. The average Bonchev–Trinajstić information content (AvgIpc) is 2.28. The van der Waals surface area contributed by atoms with E-state index in [0.717, 1.165) is 16.7 Å². The van der Waals surface area contributed by atoms with Crippen molar-refractivity contribution in [3.05, 3.63) is 47.9 Å². The quantitative estimate of drug-likeness (QED) is 0.829. The van der Waals surface area contributed by atoms with Gasteiger partial charge in [-0.2, -0.15) is 0 Å². The van der Waals surface area contributed by atoms with Crippen molar-refractivity contribution in [1.82, 2.24) is 4.98 Å². The van der Waals surface area contributed by atoms with Crippen molar-refractivity contribution in [2.24, 2.45) is 0 Å². The summed E-state index contributed by atoms with van der Waals surface area (Å²) in [6.45, 7) is 5.99. The predicted molar refractivity (Wildman–Crippen MR) is 72.7 cm³/mol. The van der Waals surface area contributed by atoms with Crippen LogP contribution in [0, 0.1) is 5.82 Å². The summed E-state index contributed by atoms with van der Waals surface area (Å²) in [5.74, 6) is 0.280. The van der Waals surface area contributed by atoms with Crippen LogP contribution in [0.25, 0.3) is 11.1 Å². The molecule has 1 aromatic heterocycles. The van der Waals surface area contributed by atoms with Gasteiger partial charge in [0.2, 0.25) is 0 Å². The van der Waals surface area contributed by atoms with Gasteiger partial charge in [0.25, 0.3) is 0 Å². The second-order valence-corrected chi connectivity index (χ2v) is 5.42. The monoisotopic (exact) mass is 244 g/mol. The first-order chi connectivity index (χ1) is 8.38. The average molecular weight is 244 g/mol. The van der Waals surface area contributed by atoms with Crippen molar-refractivity contribution in [2.45, 2.75) is 26.2 Å². The lowest BCUT2D eigenvalue weighted by Crippen LogP contribution is -2.13. The maximum atomic E-state index is 14.1. The fraction of sp³-hybridized carbons (Fsp3) is 0.267. The van der Waals surface area contributed by atoms with E-state index < -0.39 is 0 Å². The molecule has 0 radical (unpaired) electrons. The van der Waals surface area contributed by atoms with Crippen LogP contribution in [0.4, 0.5) is 10.2 Å². The van der Waals surface area contributed by atoms with Gasteiger partial charge in [0.05, 0.1) is 0 Å². The third-order valence-corrected chi connectivity index (χ3v) is 2.90. The molecule has 0 spiro atoms. The fourth-order valence-electron chi connectivity index (χ4n) is 1.88. The zero-order valence-corrected chi connectivity index (χ0v) is 10.9. The van der Waals surface area contributed by atoms with E-state index in [-0.39, 0.29) is 11.2 Å². The van der Waals surface area contributed by atoms with E-state index in [1.54, 1.807) is 18.3 Å². The zero-order chi connectivity index (χ0) is 13.3. The minimum Gasteiger partial charge on any atom is -0.384 e. The normalized spacial score (nSPS) is 11.6. The number of pyridine rings is 1. The standard InChI is InChI=1S/C15H17FN2/c1-15(2,3)12-6-4-10(8-13(12)16)11-5-7-14(17)18-9-11/h4-9H,1-3H3,(H2,17,18). The maximum Gasteiger partial charge on any atom is 0.127 e. The molecule has 0 fully saturated rings. The van der Waals surface area contributed by atoms with Gasteiger partial charge in [-0.1, -0.05) is 32.9 Å². The second-order valence-electron chi connectivity index (χ2n) is 5.42. The Morgan fingerprint density at radius 1 is 1.06 bits per heavy atom. The number of rotatable bonds is 1. The first-order valence-electron chi connectivity index (χ1n) is 5.90. The predicted octanol–water partition coefficient (Wildman–Crippen LogP) is 3.77. The Kier molecular flexibility index (Phi) is 3.07. The third kappa shape index (κ3) is 2.50. The van der Waals surface area contributed by atoms with E-state index in [1.165, 1.54) is 0 Å². The molecule has 0 saturated carbocycles. The van der Waals surface area contributed by atoms with Crippen LogP contribution in [0.15, 0.2) is 36.5 Å². The van der Waals surface area contributed by atoms with E-state index in [9.17, 15) is 4.39 Å². The molecule has 0 aliphatic rings. The molecule has 94 valence electrons. The summed E-state index contributed by atoms with van der Waals surface area (Å²) in [5.41, 5.74) is 7.73. The Labute approximate surface area is 107 Å². The summed E-state index contributed by atoms with van der Waals surface area (Å²) >= 11 is 0. The Bertz CT molecular complexity index is 554. The molecule has 0 unspecified atom stereocenters. The first-order valence-corrected chi connectivity index (χ1v) is 5.90. The van der Waals surface area contributed by atoms with Crippen LogP contribution in [0.2, 0.25) is 0 Å². The van der Waals surface area contributed by atoms with Gasteiger partial charge in [-0.3, -0.25) is 0 Å². The summed E-state index contributed by atoms with van der Waals surface area (Å²) in [5, 5.41) is 0. The summed E-state index contributed by atoms with van der Waals surface area (Å²) < 4.78 is 14.1. The van der Waals surface area contributed by atoms with Gasteiger partial charge in [0.15, 0.2) is 0 Å². The zero-order valence-electron chi connectivity index (χ0n) is 10.9. The van der Waals surface area contributed by atoms with Crippen LogP contribution in [-0.2, 0) is 5.41 Å². The molecule has 2 aromatic rings. The van der Waals surface area contributed by atoms with Gasteiger partial charge in [0.1, 0.15) is 11.6 Å². The molecule has 0 atom stereocenters. The van der Waals surface area contributed by atoms with Gasteiger partial charge in [-0.15, -0.1) is 0 Å². The van der Waals surface area contributed by atoms with Gasteiger partial charge in [-0.05, 0) is 34.7 Å². The number of benzene rings is 1. The number of halogens is 1. The molecule has 2 N–H and O–H groups in total. The Hall–Kier alpha value is -1.90. The highest BCUT2D eigenvalue weighted by molar-refractivity contribution is 5.64. The number of aromatic nitrogens is 1. The summed E-state index contributed by atoms with van der Waals surface area (Å²) in [4.78, 5) is 4.01. The van der Waals surface area contributed by atoms with Crippen molar-refractivity contribution in [1.29, 1.82) is 0 Å². The van der Waals surface area contributed by atoms with Crippen molar-refractivity contribution >= 4 is 5.82 Å². The molecule has 2 rings (SSSR count). The van der Waals surface area contributed by atoms with E-state index in [1.807, 2.05) is 39.0 Å². The fourth-order valence-corrected chi connectivity index (χ4v) is 1.88. The van der Waals surface area contributed by atoms with Gasteiger partial charge in [-0.25, -0.2) is 9.37 Å². The van der Waals surface area contributed by atoms with E-state index in [4.69, 9.17) is 5.73 Å². The molecule has 0 amide bonds. The van der Waals surface area contributed by atoms with Crippen LogP contribution in [0.3, 0.4) is 0 Å². The number of nitrogens with two attached hydrogens (primary N) is 1. The summed E-state index contributed by atoms with van der Waals surface area (Å²) in [7, 11) is 0. The lowest BCUT2D eigenvalue weighted by molar-refractivity contribution is 0.523. The minimum absolute atomic E-state index is 0.183. The SMILES string of the molecule is CC(C)(C)c1ccc(-c2ccc(N)nc2)cc1F. The number of hydrogen-bond acceptors (Lipinski definition) is 2. The molecule has 3 heteroatoms. The van der Waals surface area contributed by atoms with Gasteiger partial charge < -0.3 is 5.73 Å². The van der Waals surface area contributed by atoms with E-state index >= 15 is 0 Å². The lowest BCUT2D eigenvalue weighted by atomic mass is 9.86. The molecule has 18 heavy (non-hydrogen) atoms. The van der Waals surface area contributed by atoms with E-state index in [2.05, 4.69) is 4.98 Å².